The number of benzene rings is 1. The minimum absolute atomic E-state index is 0.187. The van der Waals surface area contributed by atoms with Crippen molar-refractivity contribution in [2.24, 2.45) is 0 Å². The van der Waals surface area contributed by atoms with E-state index in [2.05, 4.69) is 11.9 Å². The largest absolute Gasteiger partial charge is 0.466 e. The predicted octanol–water partition coefficient (Wildman–Crippen LogP) is 1.04. The molecule has 1 aromatic carbocycles. The van der Waals surface area contributed by atoms with Gasteiger partial charge in [0.15, 0.2) is 5.60 Å². The minimum atomic E-state index is -1.05. The van der Waals surface area contributed by atoms with Gasteiger partial charge in [-0.25, -0.2) is 9.59 Å². The molecule has 3 atom stereocenters. The van der Waals surface area contributed by atoms with Gasteiger partial charge in [0, 0.05) is 12.0 Å². The van der Waals surface area contributed by atoms with Crippen LogP contribution in [0.2, 0.25) is 0 Å². The van der Waals surface area contributed by atoms with E-state index in [1.807, 2.05) is 36.4 Å². The fourth-order valence-corrected chi connectivity index (χ4v) is 3.78. The van der Waals surface area contributed by atoms with Crippen molar-refractivity contribution < 1.29 is 29.1 Å². The number of quaternary nitrogens is 1. The van der Waals surface area contributed by atoms with Crippen LogP contribution < -0.4 is 5.32 Å². The van der Waals surface area contributed by atoms with Crippen molar-refractivity contribution in [1.82, 2.24) is 0 Å². The summed E-state index contributed by atoms with van der Waals surface area (Å²) in [6, 6.07) is 9.83. The molecule has 2 N–H and O–H groups in total. The molecule has 0 spiro atoms. The maximum Gasteiger partial charge on any atom is 0.337 e. The first-order valence-electron chi connectivity index (χ1n) is 8.84. The van der Waals surface area contributed by atoms with E-state index in [1.54, 1.807) is 12.2 Å². The highest BCUT2D eigenvalue weighted by Gasteiger charge is 2.59. The zero-order valence-electron chi connectivity index (χ0n) is 15.5. The maximum absolute atomic E-state index is 12.6. The van der Waals surface area contributed by atoms with Gasteiger partial charge in [0.1, 0.15) is 18.7 Å². The van der Waals surface area contributed by atoms with E-state index in [0.717, 1.165) is 5.56 Å². The molecule has 2 bridgehead atoms. The Hall–Kier alpha value is -2.70. The summed E-state index contributed by atoms with van der Waals surface area (Å²) < 4.78 is 16.0. The van der Waals surface area contributed by atoms with Gasteiger partial charge in [-0.05, 0) is 6.08 Å². The molecule has 6 nitrogen and oxygen atoms in total. The molecule has 3 rings (SSSR count). The van der Waals surface area contributed by atoms with Crippen molar-refractivity contribution in [1.29, 1.82) is 0 Å². The van der Waals surface area contributed by atoms with Crippen LogP contribution in [0.4, 0.5) is 0 Å². The topological polar surface area (TPSA) is 78.4 Å². The summed E-state index contributed by atoms with van der Waals surface area (Å²) in [6.07, 6.45) is 5.41. The lowest BCUT2D eigenvalue weighted by molar-refractivity contribution is -0.713. The van der Waals surface area contributed by atoms with Crippen molar-refractivity contribution in [3.63, 3.8) is 0 Å². The van der Waals surface area contributed by atoms with E-state index in [0.29, 0.717) is 13.0 Å². The third-order valence-corrected chi connectivity index (χ3v) is 5.03. The Labute approximate surface area is 158 Å². The number of rotatable bonds is 8. The molecule has 2 heterocycles. The molecular formula is C21H24NO5+. The number of methoxy groups -OCH3 is 2. The molecule has 2 aliphatic heterocycles. The molecule has 0 aliphatic carbocycles. The van der Waals surface area contributed by atoms with Gasteiger partial charge in [-0.15, -0.1) is 6.58 Å². The second-order valence-electron chi connectivity index (χ2n) is 6.52. The van der Waals surface area contributed by atoms with Crippen molar-refractivity contribution in [3.05, 3.63) is 71.8 Å². The monoisotopic (exact) mass is 370 g/mol. The molecule has 0 unspecified atom stereocenters. The van der Waals surface area contributed by atoms with Crippen LogP contribution in [0.15, 0.2) is 66.3 Å². The molecule has 0 amide bonds. The van der Waals surface area contributed by atoms with Crippen LogP contribution in [0.3, 0.4) is 0 Å². The molecular weight excluding hydrogens is 346 g/mol. The summed E-state index contributed by atoms with van der Waals surface area (Å²) >= 11 is 0. The van der Waals surface area contributed by atoms with E-state index in [1.165, 1.54) is 14.2 Å². The number of carbonyl (C=O) groups excluding carboxylic acids is 2. The number of esters is 2. The van der Waals surface area contributed by atoms with Crippen LogP contribution in [0.1, 0.15) is 12.0 Å². The number of fused-ring (bicyclic) bond motifs is 2. The minimum Gasteiger partial charge on any atom is -0.466 e. The molecule has 1 aromatic rings. The molecule has 0 saturated carbocycles. The van der Waals surface area contributed by atoms with Gasteiger partial charge in [0.25, 0.3) is 0 Å². The van der Waals surface area contributed by atoms with Crippen LogP contribution in [0.25, 0.3) is 0 Å². The SMILES string of the molecule is C=CC[C@@H]([NH2+]Cc1ccccc1)[C@@]12C=C[C@H](O1)C(C(=O)OC)=C2C(=O)OC. The van der Waals surface area contributed by atoms with Gasteiger partial charge < -0.3 is 19.5 Å². The maximum atomic E-state index is 12.6. The Morgan fingerprint density at radius 3 is 2.59 bits per heavy atom. The van der Waals surface area contributed by atoms with Gasteiger partial charge in [-0.3, -0.25) is 0 Å². The third kappa shape index (κ3) is 3.34. The zero-order valence-corrected chi connectivity index (χ0v) is 15.5. The quantitative estimate of drug-likeness (QED) is 0.547. The summed E-state index contributed by atoms with van der Waals surface area (Å²) in [7, 11) is 2.58. The highest BCUT2D eigenvalue weighted by Crippen LogP contribution is 2.46. The summed E-state index contributed by atoms with van der Waals surface area (Å²) in [5.74, 6) is -1.16. The fourth-order valence-electron chi connectivity index (χ4n) is 3.78. The number of ether oxygens (including phenoxy) is 3. The summed E-state index contributed by atoms with van der Waals surface area (Å²) in [4.78, 5) is 24.9. The zero-order chi connectivity index (χ0) is 19.4. The Kier molecular flexibility index (Phi) is 5.58. The Morgan fingerprint density at radius 2 is 1.96 bits per heavy atom. The first-order valence-corrected chi connectivity index (χ1v) is 8.84. The van der Waals surface area contributed by atoms with Gasteiger partial charge in [-0.2, -0.15) is 0 Å². The number of carbonyl (C=O) groups is 2. The Balaban J connectivity index is 1.97. The molecule has 142 valence electrons. The molecule has 6 heteroatoms. The van der Waals surface area contributed by atoms with E-state index in [-0.39, 0.29) is 17.2 Å². The van der Waals surface area contributed by atoms with Crippen LogP contribution in [0.5, 0.6) is 0 Å². The van der Waals surface area contributed by atoms with E-state index in [4.69, 9.17) is 14.2 Å². The van der Waals surface area contributed by atoms with Crippen LogP contribution in [-0.2, 0) is 30.3 Å². The smallest absolute Gasteiger partial charge is 0.337 e. The van der Waals surface area contributed by atoms with E-state index >= 15 is 0 Å². The molecule has 0 fully saturated rings. The van der Waals surface area contributed by atoms with Gasteiger partial charge in [0.05, 0.1) is 25.4 Å². The predicted molar refractivity (Wildman–Crippen MR) is 98.5 cm³/mol. The van der Waals surface area contributed by atoms with Gasteiger partial charge in [-0.1, -0.05) is 42.5 Å². The summed E-state index contributed by atoms with van der Waals surface area (Å²) in [5, 5.41) is 2.10. The van der Waals surface area contributed by atoms with Crippen LogP contribution in [0, 0.1) is 0 Å². The third-order valence-electron chi connectivity index (χ3n) is 5.03. The lowest BCUT2D eigenvalue weighted by atomic mass is 9.80. The highest BCUT2D eigenvalue weighted by molar-refractivity contribution is 6.05. The molecule has 0 radical (unpaired) electrons. The lowest BCUT2D eigenvalue weighted by Crippen LogP contribution is -2.93. The molecule has 2 aliphatic rings. The second-order valence-corrected chi connectivity index (χ2v) is 6.52. The summed E-state index contributed by atoms with van der Waals surface area (Å²) in [6.45, 7) is 4.54. The van der Waals surface area contributed by atoms with E-state index < -0.39 is 23.6 Å². The first kappa shape index (κ1) is 19.1. The Bertz CT molecular complexity index is 798. The highest BCUT2D eigenvalue weighted by atomic mass is 16.6. The van der Waals surface area contributed by atoms with Crippen LogP contribution in [-0.4, -0.2) is 43.9 Å². The number of nitrogens with two attached hydrogens (primary N) is 1. The molecule has 27 heavy (non-hydrogen) atoms. The van der Waals surface area contributed by atoms with Crippen molar-refractivity contribution in [2.75, 3.05) is 14.2 Å². The summed E-state index contributed by atoms with van der Waals surface area (Å²) in [5.41, 5.74) is 0.537. The fraction of sp³-hybridized carbons (Fsp3) is 0.333. The Morgan fingerprint density at radius 1 is 1.26 bits per heavy atom. The lowest BCUT2D eigenvalue weighted by Gasteiger charge is -2.32. The first-order chi connectivity index (χ1) is 13.1. The average molecular weight is 370 g/mol. The van der Waals surface area contributed by atoms with Crippen molar-refractivity contribution in [2.45, 2.75) is 30.7 Å². The number of hydrogen-bond acceptors (Lipinski definition) is 5. The molecule has 0 saturated heterocycles. The standard InChI is InChI=1S/C21H23NO5/c1-4-8-16(22-13-14-9-6-5-7-10-14)21-12-11-15(27-21)17(19(23)25-2)18(21)20(24)26-3/h4-7,9-12,15-16,22H,1,8,13H2,2-3H3/p+1/t15-,16+,21+/m0/s1. The van der Waals surface area contributed by atoms with E-state index in [9.17, 15) is 9.59 Å². The van der Waals surface area contributed by atoms with Gasteiger partial charge in [0.2, 0.25) is 0 Å². The second kappa shape index (κ2) is 7.90. The van der Waals surface area contributed by atoms with Crippen LogP contribution >= 0.6 is 0 Å². The van der Waals surface area contributed by atoms with Crippen molar-refractivity contribution >= 4 is 11.9 Å². The average Bonchev–Trinajstić information content (AvgIpc) is 3.28. The molecule has 0 aromatic heterocycles. The number of hydrogen-bond donors (Lipinski definition) is 1. The van der Waals surface area contributed by atoms with Crippen molar-refractivity contribution in [3.8, 4) is 0 Å². The normalized spacial score (nSPS) is 24.0. The van der Waals surface area contributed by atoms with Gasteiger partial charge >= 0.3 is 11.9 Å².